The molecule has 0 N–H and O–H groups in total. The van der Waals surface area contributed by atoms with Crippen LogP contribution in [0.25, 0.3) is 32.4 Å². The maximum Gasteiger partial charge on any atom is 0.329 e. The zero-order valence-electron chi connectivity index (χ0n) is 19.5. The lowest BCUT2D eigenvalue weighted by Crippen LogP contribution is -2.25. The SMILES string of the molecule is O=c1n(Cc2nc(OCC3CCOC3)c3cc(-c4cncs4)ccc3n2)c2cnccc2n1C1CC1. The summed E-state index contributed by atoms with van der Waals surface area (Å²) in [4.78, 5) is 32.6. The highest BCUT2D eigenvalue weighted by Gasteiger charge is 2.29. The fraction of sp³-hybridized carbons (Fsp3) is 0.346. The molecule has 4 aromatic heterocycles. The van der Waals surface area contributed by atoms with Crippen molar-refractivity contribution in [3.05, 3.63) is 64.7 Å². The van der Waals surface area contributed by atoms with Crippen LogP contribution in [0.3, 0.4) is 0 Å². The zero-order valence-corrected chi connectivity index (χ0v) is 20.4. The Morgan fingerprint density at radius 3 is 2.83 bits per heavy atom. The van der Waals surface area contributed by atoms with Crippen LogP contribution in [0.5, 0.6) is 5.88 Å². The molecule has 1 unspecified atom stereocenters. The van der Waals surface area contributed by atoms with E-state index in [1.165, 1.54) is 0 Å². The molecule has 5 heterocycles. The molecular formula is C26H24N6O3S. The molecule has 10 heteroatoms. The number of benzene rings is 1. The molecule has 9 nitrogen and oxygen atoms in total. The van der Waals surface area contributed by atoms with Crippen molar-refractivity contribution >= 4 is 33.3 Å². The van der Waals surface area contributed by atoms with E-state index in [4.69, 9.17) is 19.4 Å². The van der Waals surface area contributed by atoms with Gasteiger partial charge in [0.2, 0.25) is 5.88 Å². The molecule has 1 aliphatic carbocycles. The van der Waals surface area contributed by atoms with Gasteiger partial charge in [-0.15, -0.1) is 11.3 Å². The minimum atomic E-state index is -0.0460. The van der Waals surface area contributed by atoms with Gasteiger partial charge in [0, 0.05) is 31.0 Å². The highest BCUT2D eigenvalue weighted by atomic mass is 32.1. The number of thiazole rings is 1. The summed E-state index contributed by atoms with van der Waals surface area (Å²) in [5.74, 6) is 1.41. The summed E-state index contributed by atoms with van der Waals surface area (Å²) in [5, 5.41) is 0.845. The monoisotopic (exact) mass is 500 g/mol. The van der Waals surface area contributed by atoms with Crippen LogP contribution >= 0.6 is 11.3 Å². The average Bonchev–Trinajstić information content (AvgIpc) is 3.28. The van der Waals surface area contributed by atoms with Crippen LogP contribution in [-0.2, 0) is 11.3 Å². The van der Waals surface area contributed by atoms with Crippen LogP contribution in [0.1, 0.15) is 31.1 Å². The van der Waals surface area contributed by atoms with Crippen molar-refractivity contribution in [2.24, 2.45) is 5.92 Å². The summed E-state index contributed by atoms with van der Waals surface area (Å²) < 4.78 is 15.4. The molecule has 0 amide bonds. The van der Waals surface area contributed by atoms with Crippen molar-refractivity contribution in [2.75, 3.05) is 19.8 Å². The lowest BCUT2D eigenvalue weighted by molar-refractivity contribution is 0.166. The molecule has 7 rings (SSSR count). The third-order valence-corrected chi connectivity index (χ3v) is 7.70. The smallest absolute Gasteiger partial charge is 0.329 e. The molecule has 2 aliphatic rings. The summed E-state index contributed by atoms with van der Waals surface area (Å²) in [5.41, 5.74) is 5.30. The first-order valence-corrected chi connectivity index (χ1v) is 13.1. The Kier molecular flexibility index (Phi) is 5.28. The van der Waals surface area contributed by atoms with Gasteiger partial charge >= 0.3 is 5.69 Å². The van der Waals surface area contributed by atoms with Gasteiger partial charge in [-0.05, 0) is 43.0 Å². The molecule has 1 saturated carbocycles. The molecule has 1 aliphatic heterocycles. The minimum absolute atomic E-state index is 0.0460. The van der Waals surface area contributed by atoms with Crippen molar-refractivity contribution in [3.63, 3.8) is 0 Å². The highest BCUT2D eigenvalue weighted by Crippen LogP contribution is 2.36. The fourth-order valence-electron chi connectivity index (χ4n) is 4.86. The van der Waals surface area contributed by atoms with Crippen LogP contribution in [0.4, 0.5) is 0 Å². The van der Waals surface area contributed by atoms with Crippen molar-refractivity contribution < 1.29 is 9.47 Å². The normalized spacial score (nSPS) is 17.8. The molecule has 0 spiro atoms. The number of aromatic nitrogens is 6. The standard InChI is InChI=1S/C26H24N6O3S/c33-26-31(22-10-27-7-5-21(22)32(26)18-2-3-18)12-24-29-20-4-1-17(23-11-28-15-36-23)9-19(20)25(30-24)35-14-16-6-8-34-13-16/h1,4-5,7,9-11,15-16,18H,2-3,6,8,12-14H2. The molecule has 36 heavy (non-hydrogen) atoms. The van der Waals surface area contributed by atoms with Crippen LogP contribution in [-0.4, -0.2) is 48.9 Å². The first kappa shape index (κ1) is 21.6. The topological polar surface area (TPSA) is 97.0 Å². The fourth-order valence-corrected chi connectivity index (χ4v) is 5.48. The number of hydrogen-bond donors (Lipinski definition) is 0. The van der Waals surface area contributed by atoms with Crippen LogP contribution in [0, 0.1) is 5.92 Å². The van der Waals surface area contributed by atoms with E-state index in [0.29, 0.717) is 30.8 Å². The lowest BCUT2D eigenvalue weighted by Gasteiger charge is -2.14. The van der Waals surface area contributed by atoms with Gasteiger partial charge in [0.15, 0.2) is 5.82 Å². The maximum absolute atomic E-state index is 13.4. The molecule has 182 valence electrons. The van der Waals surface area contributed by atoms with Gasteiger partial charge in [-0.3, -0.25) is 19.1 Å². The zero-order chi connectivity index (χ0) is 24.1. The molecule has 0 bridgehead atoms. The van der Waals surface area contributed by atoms with E-state index in [0.717, 1.165) is 58.2 Å². The molecule has 1 saturated heterocycles. The number of nitrogens with zero attached hydrogens (tertiary/aromatic N) is 6. The molecule has 0 radical (unpaired) electrons. The Bertz CT molecular complexity index is 1620. The summed E-state index contributed by atoms with van der Waals surface area (Å²) in [6, 6.07) is 8.25. The van der Waals surface area contributed by atoms with Crippen molar-refractivity contribution in [3.8, 4) is 16.3 Å². The number of pyridine rings is 1. The van der Waals surface area contributed by atoms with Crippen molar-refractivity contribution in [1.82, 2.24) is 29.1 Å². The van der Waals surface area contributed by atoms with Gasteiger partial charge in [0.25, 0.3) is 0 Å². The Morgan fingerprint density at radius 2 is 2.03 bits per heavy atom. The minimum Gasteiger partial charge on any atom is -0.477 e. The number of ether oxygens (including phenoxy) is 2. The lowest BCUT2D eigenvalue weighted by atomic mass is 10.1. The van der Waals surface area contributed by atoms with E-state index < -0.39 is 0 Å². The Labute approximate surface area is 210 Å². The average molecular weight is 501 g/mol. The molecule has 1 atom stereocenters. The number of imidazole rings is 1. The van der Waals surface area contributed by atoms with Gasteiger partial charge in [0.1, 0.15) is 0 Å². The van der Waals surface area contributed by atoms with Gasteiger partial charge in [-0.2, -0.15) is 4.98 Å². The quantitative estimate of drug-likeness (QED) is 0.332. The summed E-state index contributed by atoms with van der Waals surface area (Å²) in [7, 11) is 0. The summed E-state index contributed by atoms with van der Waals surface area (Å²) >= 11 is 1.59. The Morgan fingerprint density at radius 1 is 1.08 bits per heavy atom. The Hall–Kier alpha value is -3.63. The van der Waals surface area contributed by atoms with E-state index in [9.17, 15) is 4.79 Å². The summed E-state index contributed by atoms with van der Waals surface area (Å²) in [6.45, 7) is 2.24. The van der Waals surface area contributed by atoms with Gasteiger partial charge < -0.3 is 9.47 Å². The van der Waals surface area contributed by atoms with E-state index in [1.54, 1.807) is 28.3 Å². The van der Waals surface area contributed by atoms with Gasteiger partial charge in [-0.1, -0.05) is 6.07 Å². The second kappa shape index (κ2) is 8.79. The van der Waals surface area contributed by atoms with E-state index in [-0.39, 0.29) is 18.3 Å². The van der Waals surface area contributed by atoms with Crippen LogP contribution in [0.15, 0.2) is 53.2 Å². The third kappa shape index (κ3) is 3.86. The highest BCUT2D eigenvalue weighted by molar-refractivity contribution is 7.13. The van der Waals surface area contributed by atoms with E-state index in [1.807, 2.05) is 34.5 Å². The van der Waals surface area contributed by atoms with E-state index in [2.05, 4.69) is 16.0 Å². The predicted molar refractivity (Wildman–Crippen MR) is 136 cm³/mol. The first-order chi connectivity index (χ1) is 17.7. The van der Waals surface area contributed by atoms with Gasteiger partial charge in [0.05, 0.1) is 58.3 Å². The molecular weight excluding hydrogens is 476 g/mol. The van der Waals surface area contributed by atoms with Crippen molar-refractivity contribution in [2.45, 2.75) is 31.8 Å². The summed E-state index contributed by atoms with van der Waals surface area (Å²) in [6.07, 6.45) is 8.36. The molecule has 5 aromatic rings. The molecule has 1 aromatic carbocycles. The van der Waals surface area contributed by atoms with Crippen molar-refractivity contribution in [1.29, 1.82) is 0 Å². The van der Waals surface area contributed by atoms with Crippen LogP contribution in [0.2, 0.25) is 0 Å². The molecule has 2 fully saturated rings. The number of fused-ring (bicyclic) bond motifs is 2. The van der Waals surface area contributed by atoms with E-state index >= 15 is 0 Å². The second-order valence-corrected chi connectivity index (χ2v) is 10.3. The van der Waals surface area contributed by atoms with Crippen LogP contribution < -0.4 is 10.4 Å². The number of hydrogen-bond acceptors (Lipinski definition) is 8. The number of rotatable bonds is 7. The predicted octanol–water partition coefficient (Wildman–Crippen LogP) is 4.06. The van der Waals surface area contributed by atoms with Gasteiger partial charge in [-0.25, -0.2) is 9.78 Å². The largest absolute Gasteiger partial charge is 0.477 e. The Balaban J connectivity index is 1.31. The third-order valence-electron chi connectivity index (χ3n) is 6.88. The second-order valence-electron chi connectivity index (χ2n) is 9.42. The maximum atomic E-state index is 13.4. The first-order valence-electron chi connectivity index (χ1n) is 12.2.